The van der Waals surface area contributed by atoms with Gasteiger partial charge in [0.15, 0.2) is 11.5 Å². The molecule has 1 saturated heterocycles. The second-order valence-electron chi connectivity index (χ2n) is 6.67. The molecular formula is C19H26N4O3. The summed E-state index contributed by atoms with van der Waals surface area (Å²) in [5, 5.41) is 0. The van der Waals surface area contributed by atoms with Crippen LogP contribution in [0, 0.1) is 0 Å². The van der Waals surface area contributed by atoms with Crippen molar-refractivity contribution in [2.45, 2.75) is 13.3 Å². The Morgan fingerprint density at radius 3 is 2.85 bits per heavy atom. The standard InChI is InChI=1S/C19H26N4O3/c1-14-21-17-15(19-20-6-8-23(14)19)4-5-16(18(17)24-2)26-11-3-7-22-9-12-25-13-10-22/h4-5H,3,6-13H2,1-2H3. The van der Waals surface area contributed by atoms with Crippen LogP contribution in [0.25, 0.3) is 0 Å². The summed E-state index contributed by atoms with van der Waals surface area (Å²) >= 11 is 0. The summed E-state index contributed by atoms with van der Waals surface area (Å²) in [7, 11) is 1.67. The van der Waals surface area contributed by atoms with Crippen LogP contribution >= 0.6 is 0 Å². The molecule has 0 aromatic heterocycles. The number of benzene rings is 1. The first kappa shape index (κ1) is 17.3. The first-order chi connectivity index (χ1) is 12.8. The van der Waals surface area contributed by atoms with E-state index in [0.717, 1.165) is 81.0 Å². The Bertz CT molecular complexity index is 726. The largest absolute Gasteiger partial charge is 0.491 e. The van der Waals surface area contributed by atoms with E-state index >= 15 is 0 Å². The molecule has 0 atom stereocenters. The van der Waals surface area contributed by atoms with Gasteiger partial charge in [-0.1, -0.05) is 0 Å². The summed E-state index contributed by atoms with van der Waals surface area (Å²) < 4.78 is 17.1. The van der Waals surface area contributed by atoms with Crippen LogP contribution < -0.4 is 9.47 Å². The third kappa shape index (κ3) is 3.29. The highest BCUT2D eigenvalue weighted by molar-refractivity contribution is 6.16. The van der Waals surface area contributed by atoms with Gasteiger partial charge < -0.3 is 19.1 Å². The topological polar surface area (TPSA) is 58.9 Å². The van der Waals surface area contributed by atoms with Crippen LogP contribution in [0.15, 0.2) is 22.1 Å². The number of morpholine rings is 1. The molecule has 0 saturated carbocycles. The van der Waals surface area contributed by atoms with Gasteiger partial charge in [-0.25, -0.2) is 4.99 Å². The Labute approximate surface area is 154 Å². The maximum absolute atomic E-state index is 6.03. The fraction of sp³-hybridized carbons (Fsp3) is 0.579. The molecule has 0 bridgehead atoms. The van der Waals surface area contributed by atoms with Crippen molar-refractivity contribution in [3.8, 4) is 11.5 Å². The molecule has 7 nitrogen and oxygen atoms in total. The molecule has 1 fully saturated rings. The van der Waals surface area contributed by atoms with Crippen LogP contribution in [0.3, 0.4) is 0 Å². The Morgan fingerprint density at radius 2 is 2.04 bits per heavy atom. The molecule has 7 heteroatoms. The SMILES string of the molecule is COc1c(OCCCN2CCOCC2)ccc2c1N=C(C)N1CCN=C21. The quantitative estimate of drug-likeness (QED) is 0.727. The lowest BCUT2D eigenvalue weighted by Gasteiger charge is -2.27. The van der Waals surface area contributed by atoms with Crippen LogP contribution in [0.5, 0.6) is 11.5 Å². The maximum Gasteiger partial charge on any atom is 0.187 e. The summed E-state index contributed by atoms with van der Waals surface area (Å²) in [5.74, 6) is 3.39. The lowest BCUT2D eigenvalue weighted by Crippen LogP contribution is -2.37. The first-order valence-electron chi connectivity index (χ1n) is 9.29. The van der Waals surface area contributed by atoms with Gasteiger partial charge in [0.2, 0.25) is 0 Å². The molecule has 0 unspecified atom stereocenters. The Hall–Kier alpha value is -2.12. The third-order valence-electron chi connectivity index (χ3n) is 5.03. The molecule has 1 aromatic rings. The zero-order valence-electron chi connectivity index (χ0n) is 15.5. The van der Waals surface area contributed by atoms with E-state index in [9.17, 15) is 0 Å². The van der Waals surface area contributed by atoms with Crippen molar-refractivity contribution in [3.63, 3.8) is 0 Å². The fourth-order valence-electron chi connectivity index (χ4n) is 3.67. The van der Waals surface area contributed by atoms with E-state index in [1.807, 2.05) is 19.1 Å². The van der Waals surface area contributed by atoms with Gasteiger partial charge in [0.25, 0.3) is 0 Å². The molecule has 0 radical (unpaired) electrons. The predicted molar refractivity (Wildman–Crippen MR) is 101 cm³/mol. The van der Waals surface area contributed by atoms with E-state index in [4.69, 9.17) is 19.2 Å². The molecule has 140 valence electrons. The van der Waals surface area contributed by atoms with E-state index in [-0.39, 0.29) is 0 Å². The molecular weight excluding hydrogens is 332 g/mol. The molecule has 0 N–H and O–H groups in total. The smallest absolute Gasteiger partial charge is 0.187 e. The van der Waals surface area contributed by atoms with Crippen molar-refractivity contribution in [1.29, 1.82) is 0 Å². The zero-order valence-corrected chi connectivity index (χ0v) is 15.5. The van der Waals surface area contributed by atoms with Crippen molar-refractivity contribution in [2.75, 3.05) is 59.7 Å². The summed E-state index contributed by atoms with van der Waals surface area (Å²) in [4.78, 5) is 14.0. The minimum absolute atomic E-state index is 0.655. The average Bonchev–Trinajstić information content (AvgIpc) is 3.16. The zero-order chi connectivity index (χ0) is 17.9. The van der Waals surface area contributed by atoms with E-state index in [1.54, 1.807) is 7.11 Å². The first-order valence-corrected chi connectivity index (χ1v) is 9.29. The van der Waals surface area contributed by atoms with E-state index in [1.165, 1.54) is 0 Å². The van der Waals surface area contributed by atoms with Crippen molar-refractivity contribution >= 4 is 17.4 Å². The molecule has 3 aliphatic heterocycles. The highest BCUT2D eigenvalue weighted by atomic mass is 16.5. The van der Waals surface area contributed by atoms with Gasteiger partial charge in [0, 0.05) is 31.7 Å². The fourth-order valence-corrected chi connectivity index (χ4v) is 3.67. The summed E-state index contributed by atoms with van der Waals surface area (Å²) in [6.07, 6.45) is 0.975. The average molecular weight is 358 g/mol. The van der Waals surface area contributed by atoms with Crippen molar-refractivity contribution in [3.05, 3.63) is 17.7 Å². The summed E-state index contributed by atoms with van der Waals surface area (Å²) in [6.45, 7) is 9.08. The molecule has 4 rings (SSSR count). The number of aliphatic imine (C=N–C) groups is 2. The van der Waals surface area contributed by atoms with E-state index < -0.39 is 0 Å². The van der Waals surface area contributed by atoms with Crippen LogP contribution in [0.4, 0.5) is 5.69 Å². The van der Waals surface area contributed by atoms with Crippen LogP contribution in [-0.4, -0.2) is 81.1 Å². The third-order valence-corrected chi connectivity index (χ3v) is 5.03. The summed E-state index contributed by atoms with van der Waals surface area (Å²) in [5.41, 5.74) is 1.85. The molecule has 0 aliphatic carbocycles. The number of nitrogens with zero attached hydrogens (tertiary/aromatic N) is 4. The number of rotatable bonds is 6. The summed E-state index contributed by atoms with van der Waals surface area (Å²) in [6, 6.07) is 4.02. The lowest BCUT2D eigenvalue weighted by atomic mass is 10.1. The predicted octanol–water partition coefficient (Wildman–Crippen LogP) is 1.92. The van der Waals surface area contributed by atoms with Gasteiger partial charge in [-0.05, 0) is 25.5 Å². The van der Waals surface area contributed by atoms with E-state index in [0.29, 0.717) is 12.4 Å². The maximum atomic E-state index is 6.03. The highest BCUT2D eigenvalue weighted by Gasteiger charge is 2.30. The Balaban J connectivity index is 1.45. The molecule has 26 heavy (non-hydrogen) atoms. The number of fused-ring (bicyclic) bond motifs is 3. The van der Waals surface area contributed by atoms with Crippen molar-refractivity contribution in [1.82, 2.24) is 9.80 Å². The van der Waals surface area contributed by atoms with Crippen LogP contribution in [0.2, 0.25) is 0 Å². The lowest BCUT2D eigenvalue weighted by molar-refractivity contribution is 0.0357. The number of methoxy groups -OCH3 is 1. The van der Waals surface area contributed by atoms with Crippen LogP contribution in [-0.2, 0) is 4.74 Å². The minimum atomic E-state index is 0.655. The molecule has 0 amide bonds. The van der Waals surface area contributed by atoms with Crippen molar-refractivity contribution in [2.24, 2.45) is 9.98 Å². The number of hydrogen-bond acceptors (Lipinski definition) is 7. The normalized spacial score (nSPS) is 19.5. The van der Waals surface area contributed by atoms with Gasteiger partial charge in [-0.3, -0.25) is 9.89 Å². The van der Waals surface area contributed by atoms with Crippen molar-refractivity contribution < 1.29 is 14.2 Å². The molecule has 1 aromatic carbocycles. The van der Waals surface area contributed by atoms with Crippen LogP contribution in [0.1, 0.15) is 18.9 Å². The molecule has 3 aliphatic rings. The molecule has 0 spiro atoms. The van der Waals surface area contributed by atoms with Gasteiger partial charge in [0.05, 0.1) is 33.5 Å². The van der Waals surface area contributed by atoms with Gasteiger partial charge in [-0.15, -0.1) is 0 Å². The van der Waals surface area contributed by atoms with Gasteiger partial charge >= 0.3 is 0 Å². The second kappa shape index (κ2) is 7.63. The molecule has 3 heterocycles. The highest BCUT2D eigenvalue weighted by Crippen LogP contribution is 2.43. The Kier molecular flexibility index (Phi) is 5.08. The number of hydrogen-bond donors (Lipinski definition) is 0. The monoisotopic (exact) mass is 358 g/mol. The van der Waals surface area contributed by atoms with Gasteiger partial charge in [-0.2, -0.15) is 0 Å². The van der Waals surface area contributed by atoms with E-state index in [2.05, 4.69) is 14.8 Å². The Morgan fingerprint density at radius 1 is 1.19 bits per heavy atom. The van der Waals surface area contributed by atoms with Gasteiger partial charge in [0.1, 0.15) is 17.4 Å². The number of amidine groups is 2. The number of ether oxygens (including phenoxy) is 3. The minimum Gasteiger partial charge on any atom is -0.491 e. The second-order valence-corrected chi connectivity index (χ2v) is 6.67.